The molecule has 0 atom stereocenters. The molecule has 6 nitrogen and oxygen atoms in total. The first-order valence-corrected chi connectivity index (χ1v) is 12.7. The Morgan fingerprint density at radius 3 is 2.47 bits per heavy atom. The Morgan fingerprint density at radius 1 is 1.19 bits per heavy atom. The van der Waals surface area contributed by atoms with Crippen molar-refractivity contribution in [1.29, 1.82) is 0 Å². The molecule has 2 saturated heterocycles. The van der Waals surface area contributed by atoms with Crippen molar-refractivity contribution in [2.24, 2.45) is 0 Å². The summed E-state index contributed by atoms with van der Waals surface area (Å²) in [6, 6.07) is 3.18. The van der Waals surface area contributed by atoms with Gasteiger partial charge in [-0.2, -0.15) is 0 Å². The van der Waals surface area contributed by atoms with E-state index in [1.165, 1.54) is 29.5 Å². The molecule has 1 aromatic heterocycles. The van der Waals surface area contributed by atoms with E-state index in [2.05, 4.69) is 26.7 Å². The van der Waals surface area contributed by atoms with Crippen molar-refractivity contribution in [3.63, 3.8) is 0 Å². The molecule has 0 bridgehead atoms. The van der Waals surface area contributed by atoms with Crippen LogP contribution in [0, 0.1) is 5.82 Å². The van der Waals surface area contributed by atoms with Crippen molar-refractivity contribution in [3.8, 4) is 0 Å². The maximum Gasteiger partial charge on any atom is 0.225 e. The van der Waals surface area contributed by atoms with Gasteiger partial charge in [0.25, 0.3) is 0 Å². The first kappa shape index (κ1) is 24.6. The van der Waals surface area contributed by atoms with Crippen molar-refractivity contribution < 1.29 is 9.18 Å². The number of piperidine rings is 2. The molecule has 0 spiro atoms. The number of nitrogens with two attached hydrogens (primary N) is 1. The van der Waals surface area contributed by atoms with Crippen LogP contribution in [0.25, 0.3) is 0 Å². The normalized spacial score (nSPS) is 17.2. The van der Waals surface area contributed by atoms with Crippen LogP contribution in [-0.4, -0.2) is 52.7 Å². The Hall–Kier alpha value is -2.06. The summed E-state index contributed by atoms with van der Waals surface area (Å²) in [6.45, 7) is 4.95. The molecule has 3 heterocycles. The Kier molecular flexibility index (Phi) is 8.99. The number of hydrogen-bond acceptors (Lipinski definition) is 6. The lowest BCUT2D eigenvalue weighted by Gasteiger charge is -2.40. The number of carbonyl (C=O) groups is 1. The smallest absolute Gasteiger partial charge is 0.225 e. The van der Waals surface area contributed by atoms with E-state index in [4.69, 9.17) is 17.3 Å². The van der Waals surface area contributed by atoms with Crippen molar-refractivity contribution in [1.82, 2.24) is 14.9 Å². The van der Waals surface area contributed by atoms with Gasteiger partial charge in [0.15, 0.2) is 0 Å². The molecule has 2 aromatic rings. The third kappa shape index (κ3) is 6.25. The van der Waals surface area contributed by atoms with Crippen LogP contribution in [0.4, 0.5) is 16.0 Å². The number of nitrogens with zero attached hydrogens (tertiary/aromatic N) is 4. The van der Waals surface area contributed by atoms with Crippen molar-refractivity contribution in [2.75, 3.05) is 36.5 Å². The second kappa shape index (κ2) is 11.7. The summed E-state index contributed by atoms with van der Waals surface area (Å²) in [6.07, 6.45) is 11.7. The minimum atomic E-state index is -0.418. The molecule has 2 fully saturated rings. The van der Waals surface area contributed by atoms with Gasteiger partial charge in [0.05, 0.1) is 10.7 Å². The second-order valence-electron chi connectivity index (χ2n) is 8.02. The average Bonchev–Trinajstić information content (AvgIpc) is 2.82. The van der Waals surface area contributed by atoms with Crippen LogP contribution < -0.4 is 10.6 Å². The van der Waals surface area contributed by atoms with Gasteiger partial charge >= 0.3 is 0 Å². The van der Waals surface area contributed by atoms with Gasteiger partial charge in [-0.15, -0.1) is 11.8 Å². The molecule has 2 aliphatic rings. The predicted molar refractivity (Wildman–Crippen MR) is 130 cm³/mol. The molecule has 2 N–H and O–H groups in total. The number of benzene rings is 1. The van der Waals surface area contributed by atoms with E-state index in [0.29, 0.717) is 21.9 Å². The maximum absolute atomic E-state index is 12.7. The van der Waals surface area contributed by atoms with Crippen LogP contribution in [0.1, 0.15) is 44.6 Å². The molecule has 1 aromatic carbocycles. The van der Waals surface area contributed by atoms with Gasteiger partial charge in [0.1, 0.15) is 5.82 Å². The Morgan fingerprint density at radius 2 is 1.88 bits per heavy atom. The largest absolute Gasteiger partial charge is 0.396 e. The number of hydrogen-bond donors (Lipinski definition) is 1. The molecular weight excluding hydrogens is 449 g/mol. The van der Waals surface area contributed by atoms with Crippen LogP contribution >= 0.6 is 23.4 Å². The maximum atomic E-state index is 12.7. The van der Waals surface area contributed by atoms with E-state index in [1.54, 1.807) is 0 Å². The number of anilines is 2. The number of nitrogen functional groups attached to an aromatic ring is 1. The molecule has 9 heteroatoms. The Balaban J connectivity index is 0.000000222. The SMILES string of the molecule is CCc1cnc(N2CCC(N3CCCCC3=O)CC2)nc1.CSc1cc(F)c(N)cc1Cl. The van der Waals surface area contributed by atoms with Crippen LogP contribution in [-0.2, 0) is 11.2 Å². The Bertz CT molecular complexity index is 906. The Labute approximate surface area is 198 Å². The zero-order valence-electron chi connectivity index (χ0n) is 18.7. The van der Waals surface area contributed by atoms with Gasteiger partial charge < -0.3 is 15.5 Å². The fourth-order valence-electron chi connectivity index (χ4n) is 3.98. The molecule has 32 heavy (non-hydrogen) atoms. The topological polar surface area (TPSA) is 75.4 Å². The third-order valence-electron chi connectivity index (χ3n) is 5.92. The van der Waals surface area contributed by atoms with E-state index in [9.17, 15) is 9.18 Å². The summed E-state index contributed by atoms with van der Waals surface area (Å²) in [5.74, 6) is 0.762. The average molecular weight is 480 g/mol. The fraction of sp³-hybridized carbons (Fsp3) is 0.522. The van der Waals surface area contributed by atoms with Crippen molar-refractivity contribution >= 4 is 40.9 Å². The molecular formula is C23H31ClFN5OS. The number of amides is 1. The zero-order valence-corrected chi connectivity index (χ0v) is 20.3. The van der Waals surface area contributed by atoms with Gasteiger partial charge in [-0.3, -0.25) is 4.79 Å². The van der Waals surface area contributed by atoms with Crippen LogP contribution in [0.2, 0.25) is 5.02 Å². The summed E-state index contributed by atoms with van der Waals surface area (Å²) in [5, 5.41) is 0.497. The number of halogens is 2. The molecule has 174 valence electrons. The van der Waals surface area contributed by atoms with Gasteiger partial charge in [0.2, 0.25) is 11.9 Å². The lowest BCUT2D eigenvalue weighted by molar-refractivity contribution is -0.136. The minimum Gasteiger partial charge on any atom is -0.396 e. The fourth-order valence-corrected chi connectivity index (χ4v) is 4.86. The molecule has 0 aliphatic carbocycles. The monoisotopic (exact) mass is 479 g/mol. The van der Waals surface area contributed by atoms with E-state index >= 15 is 0 Å². The van der Waals surface area contributed by atoms with E-state index in [1.807, 2.05) is 18.6 Å². The number of aromatic nitrogens is 2. The van der Waals surface area contributed by atoms with Gasteiger partial charge in [-0.1, -0.05) is 18.5 Å². The summed E-state index contributed by atoms with van der Waals surface area (Å²) in [5.41, 5.74) is 6.54. The highest BCUT2D eigenvalue weighted by atomic mass is 35.5. The summed E-state index contributed by atoms with van der Waals surface area (Å²) >= 11 is 7.12. The first-order chi connectivity index (χ1) is 15.4. The number of likely N-dealkylation sites (tertiary alicyclic amines) is 1. The van der Waals surface area contributed by atoms with Crippen LogP contribution in [0.15, 0.2) is 29.4 Å². The summed E-state index contributed by atoms with van der Waals surface area (Å²) in [7, 11) is 0. The molecule has 0 radical (unpaired) electrons. The molecule has 0 saturated carbocycles. The third-order valence-corrected chi connectivity index (χ3v) is 7.12. The molecule has 2 aliphatic heterocycles. The van der Waals surface area contributed by atoms with Crippen molar-refractivity contribution in [2.45, 2.75) is 56.4 Å². The number of aryl methyl sites for hydroxylation is 1. The van der Waals surface area contributed by atoms with Crippen molar-refractivity contribution in [3.05, 3.63) is 40.9 Å². The van der Waals surface area contributed by atoms with Gasteiger partial charge in [-0.25, -0.2) is 14.4 Å². The first-order valence-electron chi connectivity index (χ1n) is 11.1. The van der Waals surface area contributed by atoms with E-state index in [-0.39, 0.29) is 5.69 Å². The number of thioether (sulfide) groups is 1. The zero-order chi connectivity index (χ0) is 23.1. The van der Waals surface area contributed by atoms with E-state index < -0.39 is 5.82 Å². The number of rotatable bonds is 4. The van der Waals surface area contributed by atoms with Crippen LogP contribution in [0.5, 0.6) is 0 Å². The summed E-state index contributed by atoms with van der Waals surface area (Å²) in [4.78, 5) is 26.0. The number of carbonyl (C=O) groups excluding carboxylic acids is 1. The van der Waals surface area contributed by atoms with E-state index in [0.717, 1.165) is 64.1 Å². The van der Waals surface area contributed by atoms with Gasteiger partial charge in [-0.05, 0) is 56.1 Å². The molecule has 4 rings (SSSR count). The predicted octanol–water partition coefficient (Wildman–Crippen LogP) is 4.80. The highest BCUT2D eigenvalue weighted by Crippen LogP contribution is 2.29. The molecule has 1 amide bonds. The quantitative estimate of drug-likeness (QED) is 0.501. The lowest BCUT2D eigenvalue weighted by atomic mass is 10.00. The highest BCUT2D eigenvalue weighted by Gasteiger charge is 2.29. The highest BCUT2D eigenvalue weighted by molar-refractivity contribution is 7.98. The lowest BCUT2D eigenvalue weighted by Crippen LogP contribution is -2.49. The molecule has 0 unspecified atom stereocenters. The minimum absolute atomic E-state index is 0.0906. The standard InChI is InChI=1S/C16H24N4O.C7H7ClFNS/c1-2-13-11-17-16(18-12-13)19-9-6-14(7-10-19)20-8-4-3-5-15(20)21;1-11-7-3-5(9)6(10)2-4(7)8/h11-12,14H,2-10H2,1H3;2-3H,10H2,1H3. The second-order valence-corrected chi connectivity index (χ2v) is 9.27. The summed E-state index contributed by atoms with van der Waals surface area (Å²) < 4.78 is 12.7. The van der Waals surface area contributed by atoms with Crippen LogP contribution in [0.3, 0.4) is 0 Å². The van der Waals surface area contributed by atoms with Gasteiger partial charge in [0, 0.05) is 49.4 Å².